The fraction of sp³-hybridized carbons (Fsp3) is 0.500. The number of aliphatic imine (C=N–C) groups is 1. The third-order valence-electron chi connectivity index (χ3n) is 3.64. The summed E-state index contributed by atoms with van der Waals surface area (Å²) in [6.07, 6.45) is 5.83. The molecule has 90 valence electrons. The van der Waals surface area contributed by atoms with E-state index in [-0.39, 0.29) is 5.54 Å². The first kappa shape index (κ1) is 11.9. The molecule has 0 amide bonds. The van der Waals surface area contributed by atoms with E-state index in [9.17, 15) is 4.79 Å². The third-order valence-corrected chi connectivity index (χ3v) is 3.64. The predicted molar refractivity (Wildman–Crippen MR) is 66.0 cm³/mol. The third kappa shape index (κ3) is 2.11. The molecule has 1 aromatic carbocycles. The van der Waals surface area contributed by atoms with E-state index in [0.717, 1.165) is 42.6 Å². The monoisotopic (exact) mass is 231 g/mol. The molecule has 0 N–H and O–H groups in total. The Morgan fingerprint density at radius 3 is 2.65 bits per heavy atom. The number of benzene rings is 1. The average Bonchev–Trinajstić information content (AvgIpc) is 2.80. The minimum Gasteiger partial charge on any atom is -0.497 e. The maximum atomic E-state index is 10.7. The largest absolute Gasteiger partial charge is 0.497 e. The number of nitrogens with zero attached hydrogens (tertiary/aromatic N) is 1. The highest BCUT2D eigenvalue weighted by molar-refractivity contribution is 5.44. The van der Waals surface area contributed by atoms with Gasteiger partial charge >= 0.3 is 0 Å². The van der Waals surface area contributed by atoms with Crippen LogP contribution in [0.5, 0.6) is 5.75 Å². The van der Waals surface area contributed by atoms with Gasteiger partial charge in [0, 0.05) is 0 Å². The van der Waals surface area contributed by atoms with Gasteiger partial charge in [0.05, 0.1) is 12.6 Å². The summed E-state index contributed by atoms with van der Waals surface area (Å²) >= 11 is 0. The zero-order valence-corrected chi connectivity index (χ0v) is 10.3. The molecule has 1 aromatic rings. The first-order chi connectivity index (χ1) is 8.22. The van der Waals surface area contributed by atoms with Gasteiger partial charge in [0.2, 0.25) is 6.08 Å². The number of aryl methyl sites for hydroxylation is 1. The van der Waals surface area contributed by atoms with E-state index in [0.29, 0.717) is 0 Å². The summed E-state index contributed by atoms with van der Waals surface area (Å²) in [7, 11) is 1.65. The molecule has 0 saturated heterocycles. The lowest BCUT2D eigenvalue weighted by Crippen LogP contribution is -2.20. The lowest BCUT2D eigenvalue weighted by atomic mass is 9.86. The quantitative estimate of drug-likeness (QED) is 0.592. The van der Waals surface area contributed by atoms with Crippen molar-refractivity contribution in [3.63, 3.8) is 0 Å². The van der Waals surface area contributed by atoms with Gasteiger partial charge < -0.3 is 4.74 Å². The predicted octanol–water partition coefficient (Wildman–Crippen LogP) is 3.11. The maximum absolute atomic E-state index is 10.7. The standard InChI is InChI=1S/C14H17NO2/c1-11-5-6-12(17-2)9-13(11)14(15-10-16)7-3-4-8-14/h5-6,9H,3-4,7-8H2,1-2H3. The summed E-state index contributed by atoms with van der Waals surface area (Å²) in [5.74, 6) is 0.818. The Labute approximate surface area is 102 Å². The molecule has 3 heteroatoms. The molecule has 3 nitrogen and oxygen atoms in total. The molecule has 0 bridgehead atoms. The number of hydrogen-bond donors (Lipinski definition) is 0. The number of isocyanates is 1. The van der Waals surface area contributed by atoms with Crippen molar-refractivity contribution in [3.05, 3.63) is 29.3 Å². The Hall–Kier alpha value is -1.60. The van der Waals surface area contributed by atoms with Crippen molar-refractivity contribution in [2.45, 2.75) is 38.1 Å². The molecule has 1 aliphatic carbocycles. The van der Waals surface area contributed by atoms with Crippen molar-refractivity contribution < 1.29 is 9.53 Å². The highest BCUT2D eigenvalue weighted by Crippen LogP contribution is 2.44. The molecule has 17 heavy (non-hydrogen) atoms. The highest BCUT2D eigenvalue weighted by Gasteiger charge is 2.36. The minimum atomic E-state index is -0.361. The van der Waals surface area contributed by atoms with Crippen molar-refractivity contribution in [1.82, 2.24) is 0 Å². The summed E-state index contributed by atoms with van der Waals surface area (Å²) in [6, 6.07) is 5.96. The summed E-state index contributed by atoms with van der Waals surface area (Å²) < 4.78 is 5.25. The molecule has 1 saturated carbocycles. The highest BCUT2D eigenvalue weighted by atomic mass is 16.5. The van der Waals surface area contributed by atoms with E-state index < -0.39 is 0 Å². The number of hydrogen-bond acceptors (Lipinski definition) is 3. The molecule has 0 radical (unpaired) electrons. The molecular formula is C14H17NO2. The molecular weight excluding hydrogens is 214 g/mol. The fourth-order valence-corrected chi connectivity index (χ4v) is 2.72. The van der Waals surface area contributed by atoms with E-state index in [1.54, 1.807) is 13.2 Å². The molecule has 0 aliphatic heterocycles. The zero-order valence-electron chi connectivity index (χ0n) is 10.3. The second-order valence-electron chi connectivity index (χ2n) is 4.62. The lowest BCUT2D eigenvalue weighted by Gasteiger charge is -2.25. The maximum Gasteiger partial charge on any atom is 0.235 e. The average molecular weight is 231 g/mol. The Morgan fingerprint density at radius 1 is 1.35 bits per heavy atom. The zero-order chi connectivity index (χ0) is 12.3. The van der Waals surface area contributed by atoms with Gasteiger partial charge in [0.1, 0.15) is 5.75 Å². The number of rotatable bonds is 3. The van der Waals surface area contributed by atoms with Gasteiger partial charge in [-0.1, -0.05) is 18.9 Å². The first-order valence-corrected chi connectivity index (χ1v) is 5.96. The van der Waals surface area contributed by atoms with Crippen molar-refractivity contribution in [3.8, 4) is 5.75 Å². The van der Waals surface area contributed by atoms with Gasteiger partial charge in [0.25, 0.3) is 0 Å². The second kappa shape index (κ2) is 4.72. The van der Waals surface area contributed by atoms with Gasteiger partial charge in [-0.2, -0.15) is 4.99 Å². The van der Waals surface area contributed by atoms with E-state index in [1.165, 1.54) is 0 Å². The Balaban J connectivity index is 2.52. The van der Waals surface area contributed by atoms with Gasteiger partial charge in [0.15, 0.2) is 0 Å². The Morgan fingerprint density at radius 2 is 2.06 bits per heavy atom. The molecule has 0 atom stereocenters. The summed E-state index contributed by atoms with van der Waals surface area (Å²) in [4.78, 5) is 14.8. The van der Waals surface area contributed by atoms with Crippen molar-refractivity contribution in [1.29, 1.82) is 0 Å². The van der Waals surface area contributed by atoms with Crippen LogP contribution >= 0.6 is 0 Å². The van der Waals surface area contributed by atoms with Gasteiger partial charge in [-0.15, -0.1) is 0 Å². The summed E-state index contributed by atoms with van der Waals surface area (Å²) in [6.45, 7) is 2.05. The topological polar surface area (TPSA) is 38.7 Å². The second-order valence-corrected chi connectivity index (χ2v) is 4.62. The van der Waals surface area contributed by atoms with Gasteiger partial charge in [-0.05, 0) is 43.0 Å². The fourth-order valence-electron chi connectivity index (χ4n) is 2.72. The SMILES string of the molecule is COc1ccc(C)c(C2(N=C=O)CCCC2)c1. The van der Waals surface area contributed by atoms with Crippen LogP contribution in [0.15, 0.2) is 23.2 Å². The molecule has 1 aliphatic rings. The summed E-state index contributed by atoms with van der Waals surface area (Å²) in [5, 5.41) is 0. The molecule has 0 unspecified atom stereocenters. The Bertz CT molecular complexity index is 455. The number of carbonyl (C=O) groups excluding carboxylic acids is 1. The normalized spacial score (nSPS) is 17.5. The van der Waals surface area contributed by atoms with E-state index in [1.807, 2.05) is 18.2 Å². The molecule has 0 heterocycles. The van der Waals surface area contributed by atoms with Crippen LogP contribution in [0.25, 0.3) is 0 Å². The van der Waals surface area contributed by atoms with Crippen LogP contribution in [0.2, 0.25) is 0 Å². The van der Waals surface area contributed by atoms with Gasteiger partial charge in [-0.25, -0.2) is 4.79 Å². The number of ether oxygens (including phenoxy) is 1. The Kier molecular flexibility index (Phi) is 3.30. The first-order valence-electron chi connectivity index (χ1n) is 5.96. The molecule has 0 spiro atoms. The van der Waals surface area contributed by atoms with Crippen LogP contribution in [0.3, 0.4) is 0 Å². The molecule has 1 fully saturated rings. The van der Waals surface area contributed by atoms with Crippen LogP contribution in [-0.4, -0.2) is 13.2 Å². The minimum absolute atomic E-state index is 0.361. The molecule has 2 rings (SSSR count). The van der Waals surface area contributed by atoms with Crippen LogP contribution in [0.4, 0.5) is 0 Å². The van der Waals surface area contributed by atoms with E-state index in [2.05, 4.69) is 11.9 Å². The van der Waals surface area contributed by atoms with Gasteiger partial charge in [-0.3, -0.25) is 0 Å². The van der Waals surface area contributed by atoms with Crippen LogP contribution in [-0.2, 0) is 10.3 Å². The van der Waals surface area contributed by atoms with Crippen molar-refractivity contribution >= 4 is 6.08 Å². The molecule has 0 aromatic heterocycles. The van der Waals surface area contributed by atoms with E-state index >= 15 is 0 Å². The van der Waals surface area contributed by atoms with Crippen molar-refractivity contribution in [2.24, 2.45) is 4.99 Å². The number of methoxy groups -OCH3 is 1. The van der Waals surface area contributed by atoms with Crippen LogP contribution in [0.1, 0.15) is 36.8 Å². The van der Waals surface area contributed by atoms with E-state index in [4.69, 9.17) is 4.74 Å². The van der Waals surface area contributed by atoms with Crippen LogP contribution in [0, 0.1) is 6.92 Å². The lowest BCUT2D eigenvalue weighted by molar-refractivity contribution is 0.407. The van der Waals surface area contributed by atoms with Crippen molar-refractivity contribution in [2.75, 3.05) is 7.11 Å². The summed E-state index contributed by atoms with van der Waals surface area (Å²) in [5.41, 5.74) is 1.91. The smallest absolute Gasteiger partial charge is 0.235 e. The van der Waals surface area contributed by atoms with Crippen LogP contribution < -0.4 is 4.74 Å².